The van der Waals surface area contributed by atoms with Gasteiger partial charge in [-0.2, -0.15) is 13.2 Å². The van der Waals surface area contributed by atoms with Gasteiger partial charge in [-0.25, -0.2) is 4.98 Å². The fourth-order valence-electron chi connectivity index (χ4n) is 2.78. The summed E-state index contributed by atoms with van der Waals surface area (Å²) in [7, 11) is 0. The molecule has 0 saturated heterocycles. The molecule has 3 rings (SSSR count). The Labute approximate surface area is 153 Å². The van der Waals surface area contributed by atoms with Crippen molar-refractivity contribution in [3.05, 3.63) is 59.0 Å². The Hall–Kier alpha value is -2.41. The molecular formula is C18H16ClF3N2O2. The number of pyridine rings is 1. The molecule has 26 heavy (non-hydrogen) atoms. The lowest BCUT2D eigenvalue weighted by atomic mass is 9.90. The second-order valence-corrected chi connectivity index (χ2v) is 6.15. The van der Waals surface area contributed by atoms with Gasteiger partial charge in [-0.1, -0.05) is 23.7 Å². The number of nitrogens with zero attached hydrogens (tertiary/aromatic N) is 1. The Morgan fingerprint density at radius 3 is 2.77 bits per heavy atom. The normalized spacial score (nSPS) is 17.0. The van der Waals surface area contributed by atoms with Gasteiger partial charge in [0.05, 0.1) is 12.8 Å². The van der Waals surface area contributed by atoms with Crippen LogP contribution in [0.15, 0.2) is 42.7 Å². The third-order valence-corrected chi connectivity index (χ3v) is 4.41. The zero-order chi connectivity index (χ0) is 18.7. The maximum absolute atomic E-state index is 12.6. The highest BCUT2D eigenvalue weighted by atomic mass is 35.5. The molecule has 1 unspecified atom stereocenters. The molecule has 1 atom stereocenters. The number of alkyl halides is 3. The van der Waals surface area contributed by atoms with Gasteiger partial charge in [-0.15, -0.1) is 0 Å². The van der Waals surface area contributed by atoms with Crippen LogP contribution in [0.1, 0.15) is 30.0 Å². The van der Waals surface area contributed by atoms with Crippen LogP contribution in [0.25, 0.3) is 0 Å². The van der Waals surface area contributed by atoms with Crippen LogP contribution in [0.2, 0.25) is 5.02 Å². The van der Waals surface area contributed by atoms with E-state index in [0.29, 0.717) is 18.1 Å². The summed E-state index contributed by atoms with van der Waals surface area (Å²) in [6, 6.07) is 5.57. The number of rotatable bonds is 4. The maximum atomic E-state index is 12.6. The number of hydrogen-bond donors (Lipinski definition) is 1. The summed E-state index contributed by atoms with van der Waals surface area (Å²) in [5, 5.41) is 0.281. The molecule has 2 N–H and O–H groups in total. The average molecular weight is 385 g/mol. The summed E-state index contributed by atoms with van der Waals surface area (Å²) >= 11 is 6.39. The summed E-state index contributed by atoms with van der Waals surface area (Å²) in [4.78, 5) is 3.37. The van der Waals surface area contributed by atoms with Gasteiger partial charge in [0.25, 0.3) is 0 Å². The molecule has 0 amide bonds. The Morgan fingerprint density at radius 1 is 1.31 bits per heavy atom. The van der Waals surface area contributed by atoms with Gasteiger partial charge in [-0.05, 0) is 48.7 Å². The molecule has 1 aromatic heterocycles. The molecule has 0 saturated carbocycles. The molecule has 1 aliphatic rings. The predicted octanol–water partition coefficient (Wildman–Crippen LogP) is 5.27. The van der Waals surface area contributed by atoms with E-state index in [1.807, 2.05) is 12.1 Å². The molecule has 2 aromatic rings. The molecule has 1 aliphatic heterocycles. The smallest absolute Gasteiger partial charge is 0.433 e. The number of fused-ring (bicyclic) bond motifs is 1. The number of benzene rings is 1. The first-order valence-electron chi connectivity index (χ1n) is 7.93. The third kappa shape index (κ3) is 3.88. The molecule has 8 heteroatoms. The summed E-state index contributed by atoms with van der Waals surface area (Å²) in [6.07, 6.45) is 1.51. The number of nitrogens with two attached hydrogens (primary N) is 1. The molecule has 2 heterocycles. The van der Waals surface area contributed by atoms with E-state index in [0.717, 1.165) is 30.7 Å². The van der Waals surface area contributed by atoms with Crippen molar-refractivity contribution in [2.45, 2.75) is 24.9 Å². The van der Waals surface area contributed by atoms with E-state index in [4.69, 9.17) is 26.8 Å². The highest BCUT2D eigenvalue weighted by Gasteiger charge is 2.32. The molecule has 0 aliphatic carbocycles. The average Bonchev–Trinajstić information content (AvgIpc) is 2.62. The van der Waals surface area contributed by atoms with Crippen LogP contribution in [-0.2, 0) is 6.18 Å². The van der Waals surface area contributed by atoms with Crippen molar-refractivity contribution in [1.82, 2.24) is 4.98 Å². The molecule has 0 radical (unpaired) electrons. The fraction of sp³-hybridized carbons (Fsp3) is 0.278. The van der Waals surface area contributed by atoms with E-state index in [1.54, 1.807) is 6.07 Å². The van der Waals surface area contributed by atoms with Crippen molar-refractivity contribution < 1.29 is 22.6 Å². The minimum atomic E-state index is -4.50. The highest BCUT2D eigenvalue weighted by Crippen LogP contribution is 2.45. The van der Waals surface area contributed by atoms with Crippen LogP contribution >= 0.6 is 11.6 Å². The van der Waals surface area contributed by atoms with E-state index in [1.165, 1.54) is 12.3 Å². The Kier molecular flexibility index (Phi) is 5.27. The monoisotopic (exact) mass is 384 g/mol. The third-order valence-electron chi connectivity index (χ3n) is 4.06. The predicted molar refractivity (Wildman–Crippen MR) is 91.6 cm³/mol. The molecule has 0 bridgehead atoms. The quantitative estimate of drug-likeness (QED) is 0.779. The lowest BCUT2D eigenvalue weighted by Crippen LogP contribution is -2.14. The number of ether oxygens (including phenoxy) is 2. The van der Waals surface area contributed by atoms with Gasteiger partial charge >= 0.3 is 6.18 Å². The van der Waals surface area contributed by atoms with Crippen molar-refractivity contribution in [2.75, 3.05) is 6.61 Å². The van der Waals surface area contributed by atoms with Gasteiger partial charge in [0, 0.05) is 0 Å². The van der Waals surface area contributed by atoms with Gasteiger partial charge in [0.15, 0.2) is 0 Å². The topological polar surface area (TPSA) is 57.4 Å². The minimum Gasteiger partial charge on any atom is -0.492 e. The van der Waals surface area contributed by atoms with Crippen molar-refractivity contribution in [3.63, 3.8) is 0 Å². The Morgan fingerprint density at radius 2 is 2.12 bits per heavy atom. The second kappa shape index (κ2) is 7.45. The molecule has 0 spiro atoms. The first kappa shape index (κ1) is 18.4. The van der Waals surface area contributed by atoms with E-state index >= 15 is 0 Å². The lowest BCUT2D eigenvalue weighted by Gasteiger charge is -2.26. The van der Waals surface area contributed by atoms with Crippen LogP contribution in [0.5, 0.6) is 17.2 Å². The van der Waals surface area contributed by atoms with E-state index in [2.05, 4.69) is 4.98 Å². The van der Waals surface area contributed by atoms with Gasteiger partial charge in [0.1, 0.15) is 28.0 Å². The van der Waals surface area contributed by atoms with Crippen LogP contribution in [0.4, 0.5) is 13.2 Å². The molecule has 4 nitrogen and oxygen atoms in total. The van der Waals surface area contributed by atoms with E-state index in [9.17, 15) is 13.2 Å². The van der Waals surface area contributed by atoms with Gasteiger partial charge in [0.2, 0.25) is 0 Å². The molecule has 1 aromatic carbocycles. The Balaban J connectivity index is 1.84. The molecular weight excluding hydrogens is 369 g/mol. The minimum absolute atomic E-state index is 0.151. The second-order valence-electron chi connectivity index (χ2n) is 5.77. The molecule has 0 fully saturated rings. The van der Waals surface area contributed by atoms with Crippen molar-refractivity contribution >= 4 is 11.6 Å². The highest BCUT2D eigenvalue weighted by molar-refractivity contribution is 6.33. The van der Waals surface area contributed by atoms with Crippen molar-refractivity contribution in [3.8, 4) is 17.2 Å². The number of allylic oxidation sites excluding steroid dienone is 1. The van der Waals surface area contributed by atoms with Crippen molar-refractivity contribution in [2.24, 2.45) is 5.73 Å². The number of aromatic nitrogens is 1. The van der Waals surface area contributed by atoms with Gasteiger partial charge < -0.3 is 15.2 Å². The first-order chi connectivity index (χ1) is 12.4. The first-order valence-corrected chi connectivity index (χ1v) is 8.31. The SMILES string of the molecule is NC=CCC1CCOc2c1ccc(Oc1ccc(C(F)(F)F)nc1)c2Cl. The zero-order valence-corrected chi connectivity index (χ0v) is 14.3. The fourth-order valence-corrected chi connectivity index (χ4v) is 3.05. The van der Waals surface area contributed by atoms with E-state index < -0.39 is 11.9 Å². The summed E-state index contributed by atoms with van der Waals surface area (Å²) in [5.41, 5.74) is 5.38. The molecule has 138 valence electrons. The van der Waals surface area contributed by atoms with Crippen LogP contribution in [0, 0.1) is 0 Å². The van der Waals surface area contributed by atoms with E-state index in [-0.39, 0.29) is 16.7 Å². The zero-order valence-electron chi connectivity index (χ0n) is 13.6. The van der Waals surface area contributed by atoms with Crippen molar-refractivity contribution in [1.29, 1.82) is 0 Å². The Bertz CT molecular complexity index is 807. The van der Waals surface area contributed by atoms with Crippen LogP contribution < -0.4 is 15.2 Å². The standard InChI is InChI=1S/C18H16ClF3N2O2/c19-16-14(26-12-3-6-15(24-10-12)18(20,21)22)5-4-13-11(2-1-8-23)7-9-25-17(13)16/h1,3-6,8,10-11H,2,7,9,23H2. The number of hydrogen-bond acceptors (Lipinski definition) is 4. The maximum Gasteiger partial charge on any atom is 0.433 e. The summed E-state index contributed by atoms with van der Waals surface area (Å²) in [5.74, 6) is 1.21. The van der Waals surface area contributed by atoms with Crippen LogP contribution in [0.3, 0.4) is 0 Å². The largest absolute Gasteiger partial charge is 0.492 e. The van der Waals surface area contributed by atoms with Gasteiger partial charge in [-0.3, -0.25) is 0 Å². The summed E-state index contributed by atoms with van der Waals surface area (Å²) < 4.78 is 49.0. The lowest BCUT2D eigenvalue weighted by molar-refractivity contribution is -0.141. The van der Waals surface area contributed by atoms with Crippen LogP contribution in [-0.4, -0.2) is 11.6 Å². The number of halogens is 4. The summed E-state index contributed by atoms with van der Waals surface area (Å²) in [6.45, 7) is 0.515.